The van der Waals surface area contributed by atoms with Crippen LogP contribution >= 0.6 is 0 Å². The molecule has 0 aromatic heterocycles. The molecule has 2 rings (SSSR count). The van der Waals surface area contributed by atoms with Crippen LogP contribution in [0.3, 0.4) is 0 Å². The highest BCUT2D eigenvalue weighted by Crippen LogP contribution is 2.31. The Morgan fingerprint density at radius 3 is 2.14 bits per heavy atom. The second-order valence-electron chi connectivity index (χ2n) is 8.90. The Morgan fingerprint density at radius 2 is 1.68 bits per heavy atom. The van der Waals surface area contributed by atoms with Crippen molar-refractivity contribution >= 4 is 29.3 Å². The van der Waals surface area contributed by atoms with E-state index in [0.29, 0.717) is 5.69 Å². The lowest BCUT2D eigenvalue weighted by atomic mass is 9.85. The van der Waals surface area contributed by atoms with E-state index in [1.165, 1.54) is 11.9 Å². The number of hydrogen-bond acceptors (Lipinski definition) is 4. The third kappa shape index (κ3) is 3.66. The van der Waals surface area contributed by atoms with Crippen LogP contribution in [0.4, 0.5) is 10.5 Å². The monoisotopic (exact) mass is 387 g/mol. The molecule has 1 saturated heterocycles. The van der Waals surface area contributed by atoms with E-state index in [1.807, 2.05) is 26.0 Å². The van der Waals surface area contributed by atoms with Gasteiger partial charge in [0.25, 0.3) is 11.8 Å². The summed E-state index contributed by atoms with van der Waals surface area (Å²) in [4.78, 5) is 54.0. The van der Waals surface area contributed by atoms with E-state index in [2.05, 4.69) is 5.32 Å². The Bertz CT molecular complexity index is 852. The Hall–Kier alpha value is -2.70. The number of benzene rings is 1. The van der Waals surface area contributed by atoms with Crippen LogP contribution in [-0.4, -0.2) is 52.1 Å². The van der Waals surface area contributed by atoms with Crippen LogP contribution in [0.1, 0.15) is 45.7 Å². The fraction of sp³-hybridized carbons (Fsp3) is 0.524. The molecule has 1 unspecified atom stereocenters. The summed E-state index contributed by atoms with van der Waals surface area (Å²) in [5, 5.41) is 2.74. The highest BCUT2D eigenvalue weighted by atomic mass is 16.2. The summed E-state index contributed by atoms with van der Waals surface area (Å²) in [5.74, 6) is -1.76. The van der Waals surface area contributed by atoms with Crippen LogP contribution in [0.25, 0.3) is 0 Å². The zero-order valence-corrected chi connectivity index (χ0v) is 17.8. The van der Waals surface area contributed by atoms with Crippen molar-refractivity contribution in [2.75, 3.05) is 12.4 Å². The van der Waals surface area contributed by atoms with Gasteiger partial charge in [0.2, 0.25) is 0 Å². The molecule has 1 aromatic carbocycles. The predicted molar refractivity (Wildman–Crippen MR) is 107 cm³/mol. The second-order valence-corrected chi connectivity index (χ2v) is 8.90. The molecule has 152 valence electrons. The van der Waals surface area contributed by atoms with Gasteiger partial charge in [-0.25, -0.2) is 9.69 Å². The minimum Gasteiger partial charge on any atom is -0.324 e. The summed E-state index contributed by atoms with van der Waals surface area (Å²) in [7, 11) is 1.49. The van der Waals surface area contributed by atoms with Crippen LogP contribution in [0.15, 0.2) is 18.2 Å². The van der Waals surface area contributed by atoms with Gasteiger partial charge in [-0.05, 0) is 44.9 Å². The topological polar surface area (TPSA) is 86.8 Å². The van der Waals surface area contributed by atoms with Crippen molar-refractivity contribution in [2.24, 2.45) is 5.41 Å². The average Bonchev–Trinajstić information content (AvgIpc) is 2.72. The van der Waals surface area contributed by atoms with Crippen molar-refractivity contribution in [3.63, 3.8) is 0 Å². The van der Waals surface area contributed by atoms with Crippen LogP contribution in [-0.2, 0) is 14.4 Å². The van der Waals surface area contributed by atoms with Crippen molar-refractivity contribution in [1.29, 1.82) is 0 Å². The first-order chi connectivity index (χ1) is 12.7. The lowest BCUT2D eigenvalue weighted by molar-refractivity contribution is -0.145. The molecule has 0 bridgehead atoms. The molecular weight excluding hydrogens is 358 g/mol. The second kappa shape index (κ2) is 7.04. The minimum absolute atomic E-state index is 0.497. The number of urea groups is 1. The van der Waals surface area contributed by atoms with E-state index in [0.717, 1.165) is 16.0 Å². The maximum absolute atomic E-state index is 13.2. The van der Waals surface area contributed by atoms with Crippen molar-refractivity contribution in [3.05, 3.63) is 29.3 Å². The molecule has 0 radical (unpaired) electrons. The number of nitrogens with one attached hydrogen (secondary N) is 1. The quantitative estimate of drug-likeness (QED) is 0.636. The number of carbonyl (C=O) groups excluding carboxylic acids is 4. The van der Waals surface area contributed by atoms with E-state index in [9.17, 15) is 19.2 Å². The molecule has 1 aliphatic heterocycles. The van der Waals surface area contributed by atoms with E-state index in [-0.39, 0.29) is 0 Å². The number of carbonyl (C=O) groups is 4. The molecule has 0 aliphatic carbocycles. The van der Waals surface area contributed by atoms with E-state index < -0.39 is 40.6 Å². The van der Waals surface area contributed by atoms with Gasteiger partial charge < -0.3 is 10.2 Å². The zero-order chi connectivity index (χ0) is 21.6. The number of rotatable bonds is 4. The maximum Gasteiger partial charge on any atom is 0.328 e. The number of ketones is 1. The fourth-order valence-corrected chi connectivity index (χ4v) is 2.99. The number of Topliss-reactive ketones (excluding diaryl/α,β-unsaturated/α-hetero) is 1. The lowest BCUT2D eigenvalue weighted by Crippen LogP contribution is -2.55. The largest absolute Gasteiger partial charge is 0.328 e. The van der Waals surface area contributed by atoms with E-state index in [4.69, 9.17) is 0 Å². The summed E-state index contributed by atoms with van der Waals surface area (Å²) in [5.41, 5.74) is 0.248. The highest BCUT2D eigenvalue weighted by Gasteiger charge is 2.56. The summed E-state index contributed by atoms with van der Waals surface area (Å²) in [6.45, 7) is 11.9. The molecular formula is C21H29N3O4. The van der Waals surface area contributed by atoms with Gasteiger partial charge >= 0.3 is 6.03 Å². The molecule has 4 amide bonds. The van der Waals surface area contributed by atoms with Crippen LogP contribution in [0.2, 0.25) is 0 Å². The number of anilines is 1. The third-order valence-corrected chi connectivity index (χ3v) is 5.22. The normalized spacial score (nSPS) is 17.7. The number of imide groups is 1. The summed E-state index contributed by atoms with van der Waals surface area (Å²) < 4.78 is 0. The van der Waals surface area contributed by atoms with Gasteiger partial charge in [-0.3, -0.25) is 14.4 Å². The zero-order valence-electron chi connectivity index (χ0n) is 17.8. The predicted octanol–water partition coefficient (Wildman–Crippen LogP) is 2.90. The van der Waals surface area contributed by atoms with Crippen molar-refractivity contribution < 1.29 is 19.2 Å². The van der Waals surface area contributed by atoms with Gasteiger partial charge in [0.15, 0.2) is 11.8 Å². The molecule has 1 atom stereocenters. The summed E-state index contributed by atoms with van der Waals surface area (Å²) >= 11 is 0. The molecule has 28 heavy (non-hydrogen) atoms. The van der Waals surface area contributed by atoms with Gasteiger partial charge in [0, 0.05) is 18.2 Å². The van der Waals surface area contributed by atoms with Gasteiger partial charge in [-0.15, -0.1) is 0 Å². The Balaban J connectivity index is 2.50. The smallest absolute Gasteiger partial charge is 0.324 e. The van der Waals surface area contributed by atoms with Crippen LogP contribution in [0.5, 0.6) is 0 Å². The Morgan fingerprint density at radius 1 is 1.11 bits per heavy atom. The third-order valence-electron chi connectivity index (χ3n) is 5.22. The maximum atomic E-state index is 13.2. The van der Waals surface area contributed by atoms with Gasteiger partial charge in [-0.1, -0.05) is 32.9 Å². The van der Waals surface area contributed by atoms with Crippen molar-refractivity contribution in [1.82, 2.24) is 9.80 Å². The first-order valence-corrected chi connectivity index (χ1v) is 9.23. The standard InChI is InChI=1S/C21H29N3O4/c1-12-9-10-13(2)14(11-12)22-17(26)15(16(25)20(3,4)5)24-18(27)21(6,7)23(8)19(24)28/h9-11,15H,1-8H3,(H,22,26). The van der Waals surface area contributed by atoms with E-state index >= 15 is 0 Å². The Labute approximate surface area is 166 Å². The summed E-state index contributed by atoms with van der Waals surface area (Å²) in [6.07, 6.45) is 0. The first kappa shape index (κ1) is 21.6. The molecule has 1 aromatic rings. The molecule has 1 fully saturated rings. The molecule has 7 nitrogen and oxygen atoms in total. The minimum atomic E-state index is -1.54. The molecule has 1 aliphatic rings. The van der Waals surface area contributed by atoms with Gasteiger partial charge in [0.05, 0.1) is 0 Å². The number of hydrogen-bond donors (Lipinski definition) is 1. The average molecular weight is 387 g/mol. The lowest BCUT2D eigenvalue weighted by Gasteiger charge is -2.29. The van der Waals surface area contributed by atoms with E-state index in [1.54, 1.807) is 40.7 Å². The van der Waals surface area contributed by atoms with Gasteiger partial charge in [-0.2, -0.15) is 0 Å². The molecule has 1 heterocycles. The van der Waals surface area contributed by atoms with Crippen LogP contribution < -0.4 is 5.32 Å². The van der Waals surface area contributed by atoms with Gasteiger partial charge in [0.1, 0.15) is 5.54 Å². The molecule has 0 saturated carbocycles. The SMILES string of the molecule is Cc1ccc(C)c(NC(=O)C(C(=O)C(C)(C)C)N2C(=O)N(C)C(C)(C)C2=O)c1. The number of aryl methyl sites for hydroxylation is 2. The summed E-state index contributed by atoms with van der Waals surface area (Å²) in [6, 6.07) is 3.36. The van der Waals surface area contributed by atoms with Crippen molar-refractivity contribution in [2.45, 2.75) is 60.0 Å². The fourth-order valence-electron chi connectivity index (χ4n) is 2.99. The van der Waals surface area contributed by atoms with Crippen LogP contribution in [0, 0.1) is 19.3 Å². The Kier molecular flexibility index (Phi) is 5.43. The number of nitrogens with zero attached hydrogens (tertiary/aromatic N) is 2. The molecule has 1 N–H and O–H groups in total. The molecule has 7 heteroatoms. The molecule has 0 spiro atoms. The highest BCUT2D eigenvalue weighted by molar-refractivity contribution is 6.20. The van der Waals surface area contributed by atoms with Crippen molar-refractivity contribution in [3.8, 4) is 0 Å². The number of likely N-dealkylation sites (N-methyl/N-ethyl adjacent to an activating group) is 1. The number of amides is 4. The first-order valence-electron chi connectivity index (χ1n) is 9.23.